The minimum absolute atomic E-state index is 0.136. The Morgan fingerprint density at radius 3 is 2.53 bits per heavy atom. The maximum Gasteiger partial charge on any atom is 0.253 e. The van der Waals surface area contributed by atoms with Crippen molar-refractivity contribution >= 4 is 10.9 Å². The number of tetrazole rings is 1. The molecule has 0 saturated carbocycles. The molecule has 3 heterocycles. The second-order valence-electron chi connectivity index (χ2n) is 8.87. The Labute approximate surface area is 175 Å². The fraction of sp³-hybridized carbons (Fsp3) is 0.524. The summed E-state index contributed by atoms with van der Waals surface area (Å²) in [5.41, 5.74) is 0.956. The van der Waals surface area contributed by atoms with Gasteiger partial charge in [-0.1, -0.05) is 0 Å². The van der Waals surface area contributed by atoms with Crippen LogP contribution in [0.3, 0.4) is 0 Å². The molecule has 0 spiro atoms. The third-order valence-corrected chi connectivity index (χ3v) is 5.65. The van der Waals surface area contributed by atoms with Gasteiger partial charge in [0.1, 0.15) is 11.8 Å². The lowest BCUT2D eigenvalue weighted by atomic mass is 10.0. The lowest BCUT2D eigenvalue weighted by Gasteiger charge is -2.38. The average Bonchev–Trinajstić information content (AvgIpc) is 3.19. The molecule has 1 aromatic carbocycles. The van der Waals surface area contributed by atoms with Gasteiger partial charge in [0.05, 0.1) is 18.2 Å². The first kappa shape index (κ1) is 20.5. The lowest BCUT2D eigenvalue weighted by Crippen LogP contribution is -2.48. The zero-order chi connectivity index (χ0) is 21.5. The number of aromatic nitrogens is 5. The summed E-state index contributed by atoms with van der Waals surface area (Å²) in [6.45, 7) is 9.70. The number of hydrogen-bond donors (Lipinski definition) is 1. The lowest BCUT2D eigenvalue weighted by molar-refractivity contribution is 0.118. The van der Waals surface area contributed by atoms with Crippen LogP contribution in [0.1, 0.15) is 38.2 Å². The van der Waals surface area contributed by atoms with Gasteiger partial charge in [0, 0.05) is 37.8 Å². The molecule has 0 radical (unpaired) electrons. The molecule has 1 atom stereocenters. The van der Waals surface area contributed by atoms with Crippen LogP contribution in [0.15, 0.2) is 29.1 Å². The normalized spacial score (nSPS) is 17.4. The van der Waals surface area contributed by atoms with Gasteiger partial charge in [-0.3, -0.25) is 9.69 Å². The summed E-state index contributed by atoms with van der Waals surface area (Å²) < 4.78 is 7.12. The number of pyridine rings is 1. The molecule has 0 amide bonds. The van der Waals surface area contributed by atoms with Crippen molar-refractivity contribution in [2.24, 2.45) is 0 Å². The Balaban J connectivity index is 1.87. The van der Waals surface area contributed by atoms with Gasteiger partial charge >= 0.3 is 0 Å². The molecule has 30 heavy (non-hydrogen) atoms. The minimum Gasteiger partial charge on any atom is -0.497 e. The molecule has 0 aliphatic carbocycles. The van der Waals surface area contributed by atoms with Crippen LogP contribution in [0, 0.1) is 0 Å². The van der Waals surface area contributed by atoms with Crippen LogP contribution in [0.2, 0.25) is 0 Å². The Bertz CT molecular complexity index is 1090. The van der Waals surface area contributed by atoms with Gasteiger partial charge in [0.15, 0.2) is 5.82 Å². The number of methoxy groups -OCH3 is 1. The van der Waals surface area contributed by atoms with E-state index in [0.717, 1.165) is 37.1 Å². The number of benzene rings is 1. The number of piperazine rings is 1. The Morgan fingerprint density at radius 2 is 1.87 bits per heavy atom. The van der Waals surface area contributed by atoms with Gasteiger partial charge in [-0.2, -0.15) is 0 Å². The van der Waals surface area contributed by atoms with Crippen molar-refractivity contribution in [1.82, 2.24) is 35.0 Å². The summed E-state index contributed by atoms with van der Waals surface area (Å²) in [6.07, 6.45) is 0. The van der Waals surface area contributed by atoms with Crippen molar-refractivity contribution in [3.05, 3.63) is 46.0 Å². The highest BCUT2D eigenvalue weighted by Crippen LogP contribution is 2.30. The molecule has 9 heteroatoms. The smallest absolute Gasteiger partial charge is 0.253 e. The minimum atomic E-state index is -0.330. The third kappa shape index (κ3) is 3.82. The molecular weight excluding hydrogens is 382 g/mol. The number of likely N-dealkylation sites (N-methyl/N-ethyl adjacent to an activating group) is 1. The van der Waals surface area contributed by atoms with Crippen LogP contribution in [0.5, 0.6) is 5.75 Å². The van der Waals surface area contributed by atoms with E-state index in [4.69, 9.17) is 4.74 Å². The van der Waals surface area contributed by atoms with Gasteiger partial charge in [0.25, 0.3) is 5.56 Å². The highest BCUT2D eigenvalue weighted by atomic mass is 16.5. The van der Waals surface area contributed by atoms with Crippen LogP contribution >= 0.6 is 0 Å². The maximum atomic E-state index is 13.2. The van der Waals surface area contributed by atoms with Crippen LogP contribution < -0.4 is 10.3 Å². The second-order valence-corrected chi connectivity index (χ2v) is 8.87. The predicted octanol–water partition coefficient (Wildman–Crippen LogP) is 1.61. The van der Waals surface area contributed by atoms with Crippen LogP contribution in [0.25, 0.3) is 10.9 Å². The van der Waals surface area contributed by atoms with Crippen LogP contribution in [-0.4, -0.2) is 75.3 Å². The van der Waals surface area contributed by atoms with E-state index in [9.17, 15) is 4.79 Å². The standard InChI is InChI=1S/C21H29N7O2/c1-21(2,3)28-19(23-24-25-28)18(27-10-8-26(4)9-11-27)16-12-14-6-7-15(30-5)13-17(14)22-20(16)29/h6-7,12-13,18H,8-11H2,1-5H3,(H,22,29)/t18-/m1/s1. The molecule has 4 rings (SSSR count). The monoisotopic (exact) mass is 411 g/mol. The van der Waals surface area contributed by atoms with Crippen LogP contribution in [0.4, 0.5) is 0 Å². The Hall–Kier alpha value is -2.78. The van der Waals surface area contributed by atoms with E-state index >= 15 is 0 Å². The molecule has 2 aromatic heterocycles. The average molecular weight is 412 g/mol. The van der Waals surface area contributed by atoms with Crippen molar-refractivity contribution in [3.8, 4) is 5.75 Å². The Morgan fingerprint density at radius 1 is 1.13 bits per heavy atom. The fourth-order valence-corrected chi connectivity index (χ4v) is 3.95. The molecular formula is C21H29N7O2. The number of fused-ring (bicyclic) bond motifs is 1. The van der Waals surface area contributed by atoms with Crippen molar-refractivity contribution in [3.63, 3.8) is 0 Å². The van der Waals surface area contributed by atoms with E-state index in [2.05, 4.69) is 58.1 Å². The first-order valence-corrected chi connectivity index (χ1v) is 10.2. The molecule has 160 valence electrons. The largest absolute Gasteiger partial charge is 0.497 e. The first-order chi connectivity index (χ1) is 14.3. The summed E-state index contributed by atoms with van der Waals surface area (Å²) >= 11 is 0. The van der Waals surface area contributed by atoms with Crippen LogP contribution in [-0.2, 0) is 5.54 Å². The zero-order valence-corrected chi connectivity index (χ0v) is 18.2. The first-order valence-electron chi connectivity index (χ1n) is 10.2. The third-order valence-electron chi connectivity index (χ3n) is 5.65. The van der Waals surface area contributed by atoms with Gasteiger partial charge in [-0.15, -0.1) is 5.10 Å². The number of nitrogens with zero attached hydrogens (tertiary/aromatic N) is 6. The molecule has 1 saturated heterocycles. The quantitative estimate of drug-likeness (QED) is 0.697. The van der Waals surface area contributed by atoms with Crippen molar-refractivity contribution < 1.29 is 4.74 Å². The highest BCUT2D eigenvalue weighted by Gasteiger charge is 2.34. The summed E-state index contributed by atoms with van der Waals surface area (Å²) in [5, 5.41) is 13.5. The summed E-state index contributed by atoms with van der Waals surface area (Å²) in [7, 11) is 3.73. The molecule has 1 N–H and O–H groups in total. The summed E-state index contributed by atoms with van der Waals surface area (Å²) in [6, 6.07) is 7.32. The van der Waals surface area contributed by atoms with E-state index < -0.39 is 0 Å². The van der Waals surface area contributed by atoms with Crippen molar-refractivity contribution in [2.45, 2.75) is 32.4 Å². The van der Waals surface area contributed by atoms with Gasteiger partial charge in [-0.05, 0) is 61.8 Å². The number of H-pyrrole nitrogens is 1. The molecule has 9 nitrogen and oxygen atoms in total. The van der Waals surface area contributed by atoms with E-state index in [1.807, 2.05) is 28.9 Å². The summed E-state index contributed by atoms with van der Waals surface area (Å²) in [4.78, 5) is 20.8. The molecule has 1 aliphatic rings. The molecule has 1 aliphatic heterocycles. The fourth-order valence-electron chi connectivity index (χ4n) is 3.95. The molecule has 1 fully saturated rings. The number of nitrogens with one attached hydrogen (secondary N) is 1. The molecule has 0 bridgehead atoms. The van der Waals surface area contributed by atoms with E-state index in [-0.39, 0.29) is 17.1 Å². The number of hydrogen-bond acceptors (Lipinski definition) is 7. The molecule has 0 unspecified atom stereocenters. The number of rotatable bonds is 4. The molecule has 3 aromatic rings. The van der Waals surface area contributed by atoms with Gasteiger partial charge < -0.3 is 14.6 Å². The number of ether oxygens (including phenoxy) is 1. The van der Waals surface area contributed by atoms with Gasteiger partial charge in [0.2, 0.25) is 0 Å². The van der Waals surface area contributed by atoms with E-state index in [1.165, 1.54) is 0 Å². The zero-order valence-electron chi connectivity index (χ0n) is 18.2. The van der Waals surface area contributed by atoms with Crippen molar-refractivity contribution in [1.29, 1.82) is 0 Å². The highest BCUT2D eigenvalue weighted by molar-refractivity contribution is 5.80. The SMILES string of the molecule is COc1ccc2cc([C@H](c3nnnn3C(C)(C)C)N3CCN(C)CC3)c(=O)[nH]c2c1. The van der Waals surface area contributed by atoms with E-state index in [0.29, 0.717) is 17.1 Å². The Kier molecular flexibility index (Phi) is 5.33. The summed E-state index contributed by atoms with van der Waals surface area (Å²) in [5.74, 6) is 1.39. The topological polar surface area (TPSA) is 92.2 Å². The number of aromatic amines is 1. The van der Waals surface area contributed by atoms with Gasteiger partial charge in [-0.25, -0.2) is 4.68 Å². The maximum absolute atomic E-state index is 13.2. The van der Waals surface area contributed by atoms with Crippen molar-refractivity contribution in [2.75, 3.05) is 40.3 Å². The van der Waals surface area contributed by atoms with E-state index in [1.54, 1.807) is 7.11 Å². The second kappa shape index (κ2) is 7.81. The predicted molar refractivity (Wildman–Crippen MR) is 115 cm³/mol.